The number of aryl methyl sites for hydroxylation is 1. The second-order valence-corrected chi connectivity index (χ2v) is 7.45. The zero-order chi connectivity index (χ0) is 20.4. The monoisotopic (exact) mass is 433 g/mol. The maximum atomic E-state index is 13.4. The highest BCUT2D eigenvalue weighted by Crippen LogP contribution is 2.34. The molecule has 0 spiro atoms. The van der Waals surface area contributed by atoms with Crippen LogP contribution in [0.2, 0.25) is 0 Å². The maximum Gasteiger partial charge on any atom is 0.228 e. The molecule has 9 heteroatoms. The predicted molar refractivity (Wildman–Crippen MR) is 116 cm³/mol. The number of halogens is 1. The molecule has 2 aliphatic heterocycles. The molecule has 2 amide bonds. The Hall–Kier alpha value is -2.58. The number of ether oxygens (including phenoxy) is 1. The number of hydrogen-bond acceptors (Lipinski definition) is 5. The molecule has 0 aliphatic carbocycles. The summed E-state index contributed by atoms with van der Waals surface area (Å²) < 4.78 is 7.63. The van der Waals surface area contributed by atoms with Crippen LogP contribution >= 0.6 is 12.4 Å². The first-order valence-corrected chi connectivity index (χ1v) is 10.1. The number of benzene rings is 1. The number of nitrogens with zero attached hydrogens (tertiary/aromatic N) is 4. The number of aromatic nitrogens is 2. The summed E-state index contributed by atoms with van der Waals surface area (Å²) in [5.74, 6) is 1.14. The molecule has 1 N–H and O–H groups in total. The van der Waals surface area contributed by atoms with Gasteiger partial charge in [0.05, 0.1) is 18.2 Å². The third-order valence-corrected chi connectivity index (χ3v) is 5.61. The molecule has 2 fully saturated rings. The minimum Gasteiger partial charge on any atom is -0.492 e. The first kappa shape index (κ1) is 22.1. The third-order valence-electron chi connectivity index (χ3n) is 5.61. The van der Waals surface area contributed by atoms with Crippen LogP contribution in [0.5, 0.6) is 5.75 Å². The lowest BCUT2D eigenvalue weighted by Crippen LogP contribution is -2.51. The molecule has 0 radical (unpaired) electrons. The Balaban J connectivity index is 0.00000256. The summed E-state index contributed by atoms with van der Waals surface area (Å²) >= 11 is 0. The van der Waals surface area contributed by atoms with E-state index in [9.17, 15) is 9.59 Å². The van der Waals surface area contributed by atoms with E-state index in [0.29, 0.717) is 32.0 Å². The van der Waals surface area contributed by atoms with Gasteiger partial charge in [0, 0.05) is 52.0 Å². The van der Waals surface area contributed by atoms with E-state index in [1.807, 2.05) is 53.9 Å². The van der Waals surface area contributed by atoms with E-state index in [4.69, 9.17) is 4.74 Å². The number of amides is 2. The zero-order valence-corrected chi connectivity index (χ0v) is 18.1. The quantitative estimate of drug-likeness (QED) is 0.777. The SMILES string of the molecule is CCOc1ccccc1N1CC(C(=O)N2CCNCC2c2nccn2C)CC1=O.Cl. The summed E-state index contributed by atoms with van der Waals surface area (Å²) in [6, 6.07) is 7.37. The van der Waals surface area contributed by atoms with Crippen LogP contribution in [-0.2, 0) is 16.6 Å². The average Bonchev–Trinajstić information content (AvgIpc) is 3.34. The summed E-state index contributed by atoms with van der Waals surface area (Å²) in [6.07, 6.45) is 3.85. The van der Waals surface area contributed by atoms with Crippen LogP contribution in [0.25, 0.3) is 0 Å². The Morgan fingerprint density at radius 3 is 2.87 bits per heavy atom. The van der Waals surface area contributed by atoms with Gasteiger partial charge in [0.15, 0.2) is 0 Å². The highest BCUT2D eigenvalue weighted by Gasteiger charge is 2.41. The van der Waals surface area contributed by atoms with Crippen LogP contribution in [0, 0.1) is 5.92 Å². The van der Waals surface area contributed by atoms with Crippen molar-refractivity contribution in [2.45, 2.75) is 19.4 Å². The van der Waals surface area contributed by atoms with Gasteiger partial charge in [-0.15, -0.1) is 12.4 Å². The van der Waals surface area contributed by atoms with Crippen molar-refractivity contribution >= 4 is 29.9 Å². The molecular weight excluding hydrogens is 406 g/mol. The van der Waals surface area contributed by atoms with Crippen LogP contribution < -0.4 is 15.0 Å². The van der Waals surface area contributed by atoms with E-state index in [1.165, 1.54) is 0 Å². The van der Waals surface area contributed by atoms with E-state index in [0.717, 1.165) is 18.1 Å². The van der Waals surface area contributed by atoms with Gasteiger partial charge in [-0.1, -0.05) is 12.1 Å². The average molecular weight is 434 g/mol. The Bertz CT molecular complexity index is 902. The van der Waals surface area contributed by atoms with Gasteiger partial charge in [-0.25, -0.2) is 4.98 Å². The Kier molecular flexibility index (Phi) is 6.99. The van der Waals surface area contributed by atoms with E-state index in [-0.39, 0.29) is 42.6 Å². The van der Waals surface area contributed by atoms with E-state index < -0.39 is 0 Å². The number of anilines is 1. The standard InChI is InChI=1S/C21H27N5O3.ClH/c1-3-29-18-7-5-4-6-16(18)26-14-15(12-19(26)27)21(28)25-11-8-22-13-17(25)20-23-9-10-24(20)2;/h4-7,9-10,15,17,22H,3,8,11-14H2,1-2H3;1H. The summed E-state index contributed by atoms with van der Waals surface area (Å²) in [4.78, 5) is 34.2. The van der Waals surface area contributed by atoms with Crippen molar-refractivity contribution in [3.05, 3.63) is 42.5 Å². The number of rotatable bonds is 5. The molecular formula is C21H28ClN5O3. The summed E-state index contributed by atoms with van der Waals surface area (Å²) in [7, 11) is 1.94. The molecule has 2 unspecified atom stereocenters. The molecule has 1 aromatic heterocycles. The largest absolute Gasteiger partial charge is 0.492 e. The van der Waals surface area contributed by atoms with Crippen LogP contribution in [0.15, 0.2) is 36.7 Å². The van der Waals surface area contributed by atoms with Crippen LogP contribution in [0.3, 0.4) is 0 Å². The van der Waals surface area contributed by atoms with E-state index >= 15 is 0 Å². The Labute approximate surface area is 182 Å². The third kappa shape index (κ3) is 4.15. The van der Waals surface area contributed by atoms with Crippen molar-refractivity contribution in [2.75, 3.05) is 37.7 Å². The molecule has 8 nitrogen and oxygen atoms in total. The summed E-state index contributed by atoms with van der Waals surface area (Å²) in [5, 5.41) is 3.35. The number of hydrogen-bond donors (Lipinski definition) is 1. The number of carbonyl (C=O) groups excluding carboxylic acids is 2. The van der Waals surface area contributed by atoms with Crippen molar-refractivity contribution in [2.24, 2.45) is 13.0 Å². The first-order chi connectivity index (χ1) is 14.1. The molecule has 2 aliphatic rings. The van der Waals surface area contributed by atoms with Gasteiger partial charge in [0.25, 0.3) is 0 Å². The predicted octanol–water partition coefficient (Wildman–Crippen LogP) is 1.77. The fourth-order valence-electron chi connectivity index (χ4n) is 4.20. The minimum absolute atomic E-state index is 0. The van der Waals surface area contributed by atoms with Gasteiger partial charge in [0.1, 0.15) is 17.6 Å². The molecule has 162 valence electrons. The van der Waals surface area contributed by atoms with E-state index in [1.54, 1.807) is 11.1 Å². The topological polar surface area (TPSA) is 79.7 Å². The lowest BCUT2D eigenvalue weighted by molar-refractivity contribution is -0.139. The molecule has 3 heterocycles. The van der Waals surface area contributed by atoms with Crippen molar-refractivity contribution in [3.8, 4) is 5.75 Å². The Morgan fingerprint density at radius 1 is 1.33 bits per heavy atom. The lowest BCUT2D eigenvalue weighted by Gasteiger charge is -2.37. The lowest BCUT2D eigenvalue weighted by atomic mass is 10.0. The van der Waals surface area contributed by atoms with Crippen molar-refractivity contribution in [1.82, 2.24) is 19.8 Å². The highest BCUT2D eigenvalue weighted by molar-refractivity contribution is 6.01. The number of carbonyl (C=O) groups is 2. The van der Waals surface area contributed by atoms with Crippen LogP contribution in [0.4, 0.5) is 5.69 Å². The maximum absolute atomic E-state index is 13.4. The fraction of sp³-hybridized carbons (Fsp3) is 0.476. The summed E-state index contributed by atoms with van der Waals surface area (Å²) in [5.41, 5.74) is 0.732. The highest BCUT2D eigenvalue weighted by atomic mass is 35.5. The van der Waals surface area contributed by atoms with Crippen LogP contribution in [-0.4, -0.2) is 59.1 Å². The second kappa shape index (κ2) is 9.49. The van der Waals surface area contributed by atoms with Gasteiger partial charge in [-0.05, 0) is 19.1 Å². The van der Waals surface area contributed by atoms with Crippen molar-refractivity contribution < 1.29 is 14.3 Å². The summed E-state index contributed by atoms with van der Waals surface area (Å²) in [6.45, 7) is 4.82. The zero-order valence-electron chi connectivity index (χ0n) is 17.3. The van der Waals surface area contributed by atoms with Crippen molar-refractivity contribution in [1.29, 1.82) is 0 Å². The van der Waals surface area contributed by atoms with Gasteiger partial charge in [-0.3, -0.25) is 9.59 Å². The fourth-order valence-corrected chi connectivity index (χ4v) is 4.20. The van der Waals surface area contributed by atoms with Crippen molar-refractivity contribution in [3.63, 3.8) is 0 Å². The first-order valence-electron chi connectivity index (χ1n) is 10.1. The Morgan fingerprint density at radius 2 is 2.13 bits per heavy atom. The molecule has 4 rings (SSSR count). The van der Waals surface area contributed by atoms with E-state index in [2.05, 4.69) is 10.3 Å². The molecule has 2 aromatic rings. The second-order valence-electron chi connectivity index (χ2n) is 7.45. The van der Waals surface area contributed by atoms with Gasteiger partial charge >= 0.3 is 0 Å². The number of nitrogens with one attached hydrogen (secondary N) is 1. The molecule has 0 bridgehead atoms. The van der Waals surface area contributed by atoms with Gasteiger partial charge in [-0.2, -0.15) is 0 Å². The van der Waals surface area contributed by atoms with Crippen LogP contribution in [0.1, 0.15) is 25.2 Å². The smallest absolute Gasteiger partial charge is 0.228 e. The molecule has 2 saturated heterocycles. The molecule has 0 saturated carbocycles. The van der Waals surface area contributed by atoms with Gasteiger partial charge in [0.2, 0.25) is 11.8 Å². The number of piperazine rings is 1. The minimum atomic E-state index is -0.363. The normalized spacial score (nSPS) is 21.5. The molecule has 1 aromatic carbocycles. The van der Waals surface area contributed by atoms with Gasteiger partial charge < -0.3 is 24.4 Å². The number of para-hydroxylation sites is 2. The molecule has 30 heavy (non-hydrogen) atoms. The number of imidazole rings is 1. The molecule has 2 atom stereocenters.